The fraction of sp³-hybridized carbons (Fsp3) is 0.429. The third-order valence-electron chi connectivity index (χ3n) is 2.86. The van der Waals surface area contributed by atoms with Gasteiger partial charge in [-0.2, -0.15) is 0 Å². The first kappa shape index (κ1) is 16.0. The van der Waals surface area contributed by atoms with Crippen LogP contribution in [-0.4, -0.2) is 28.7 Å². The zero-order chi connectivity index (χ0) is 15.5. The summed E-state index contributed by atoms with van der Waals surface area (Å²) in [4.78, 5) is 23.7. The lowest BCUT2D eigenvalue weighted by Gasteiger charge is -2.34. The van der Waals surface area contributed by atoms with Crippen LogP contribution < -0.4 is 16.4 Å². The molecular weight excluding hydrogens is 258 g/mol. The molecule has 1 aromatic rings. The number of carbonyl (C=O) groups is 2. The second kappa shape index (κ2) is 5.92. The van der Waals surface area contributed by atoms with Gasteiger partial charge >= 0.3 is 12.0 Å². The number of primary amides is 1. The zero-order valence-electron chi connectivity index (χ0n) is 12.0. The van der Waals surface area contributed by atoms with Crippen molar-refractivity contribution in [1.29, 1.82) is 0 Å². The molecule has 0 aliphatic heterocycles. The van der Waals surface area contributed by atoms with Crippen LogP contribution in [0, 0.1) is 0 Å². The monoisotopic (exact) mass is 279 g/mol. The summed E-state index contributed by atoms with van der Waals surface area (Å²) in [6.07, 6.45) is 0.238. The third-order valence-corrected chi connectivity index (χ3v) is 2.86. The minimum Gasteiger partial charge on any atom is -0.480 e. The Hall–Kier alpha value is -2.08. The highest BCUT2D eigenvalue weighted by Crippen LogP contribution is 2.24. The molecule has 5 N–H and O–H groups in total. The summed E-state index contributed by atoms with van der Waals surface area (Å²) in [5.74, 6) is -1.04. The molecule has 0 saturated heterocycles. The van der Waals surface area contributed by atoms with Crippen molar-refractivity contribution in [2.45, 2.75) is 38.8 Å². The maximum absolute atomic E-state index is 11.5. The predicted octanol–water partition coefficient (Wildman–Crippen LogP) is 1.32. The standard InChI is InChI=1S/C14H21N3O3/c1-14(2,3)17(13(16)20)10-6-4-9(5-7-10)8-11(15)12(18)19/h4-7,11H,8,15H2,1-3H3,(H2,16,20)(H,18,19)/t11-/m0/s1. The second-order valence-electron chi connectivity index (χ2n) is 5.66. The average molecular weight is 279 g/mol. The molecule has 0 heterocycles. The number of hydrogen-bond donors (Lipinski definition) is 3. The van der Waals surface area contributed by atoms with E-state index in [2.05, 4.69) is 0 Å². The second-order valence-corrected chi connectivity index (χ2v) is 5.66. The maximum atomic E-state index is 11.5. The van der Waals surface area contributed by atoms with E-state index in [4.69, 9.17) is 16.6 Å². The minimum absolute atomic E-state index is 0.238. The average Bonchev–Trinajstić information content (AvgIpc) is 2.29. The molecule has 2 amide bonds. The molecule has 0 aliphatic rings. The Morgan fingerprint density at radius 2 is 1.75 bits per heavy atom. The summed E-state index contributed by atoms with van der Waals surface area (Å²) in [7, 11) is 0. The smallest absolute Gasteiger partial charge is 0.320 e. The van der Waals surface area contributed by atoms with Gasteiger partial charge in [-0.15, -0.1) is 0 Å². The Balaban J connectivity index is 2.95. The van der Waals surface area contributed by atoms with E-state index in [0.717, 1.165) is 5.56 Å². The number of amides is 2. The Kier molecular flexibility index (Phi) is 4.73. The highest BCUT2D eigenvalue weighted by Gasteiger charge is 2.26. The molecule has 0 bridgehead atoms. The number of aliphatic carboxylic acids is 1. The lowest BCUT2D eigenvalue weighted by Crippen LogP contribution is -2.48. The molecule has 0 unspecified atom stereocenters. The summed E-state index contributed by atoms with van der Waals surface area (Å²) in [5.41, 5.74) is 11.9. The fourth-order valence-electron chi connectivity index (χ4n) is 1.97. The molecule has 0 aromatic heterocycles. The van der Waals surface area contributed by atoms with E-state index >= 15 is 0 Å². The fourth-order valence-corrected chi connectivity index (χ4v) is 1.97. The van der Waals surface area contributed by atoms with Crippen molar-refractivity contribution in [3.8, 4) is 0 Å². The Morgan fingerprint density at radius 1 is 1.25 bits per heavy atom. The van der Waals surface area contributed by atoms with Crippen LogP contribution in [0.5, 0.6) is 0 Å². The molecule has 0 fully saturated rings. The Morgan fingerprint density at radius 3 is 2.10 bits per heavy atom. The number of nitrogens with two attached hydrogens (primary N) is 2. The van der Waals surface area contributed by atoms with Gasteiger partial charge in [-0.25, -0.2) is 4.79 Å². The number of nitrogens with zero attached hydrogens (tertiary/aromatic N) is 1. The number of anilines is 1. The van der Waals surface area contributed by atoms with Crippen molar-refractivity contribution in [3.63, 3.8) is 0 Å². The van der Waals surface area contributed by atoms with Gasteiger partial charge < -0.3 is 16.6 Å². The molecular formula is C14H21N3O3. The molecule has 20 heavy (non-hydrogen) atoms. The SMILES string of the molecule is CC(C)(C)N(C(N)=O)c1ccc(C[C@H](N)C(=O)O)cc1. The molecule has 110 valence electrons. The van der Waals surface area contributed by atoms with Crippen molar-refractivity contribution >= 4 is 17.7 Å². The van der Waals surface area contributed by atoms with Crippen LogP contribution >= 0.6 is 0 Å². The number of benzene rings is 1. The maximum Gasteiger partial charge on any atom is 0.320 e. The number of hydrogen-bond acceptors (Lipinski definition) is 3. The van der Waals surface area contributed by atoms with Gasteiger partial charge in [0.05, 0.1) is 0 Å². The van der Waals surface area contributed by atoms with Crippen LogP contribution in [0.15, 0.2) is 24.3 Å². The van der Waals surface area contributed by atoms with Crippen molar-refractivity contribution < 1.29 is 14.7 Å². The lowest BCUT2D eigenvalue weighted by molar-refractivity contribution is -0.138. The van der Waals surface area contributed by atoms with Gasteiger partial charge in [0, 0.05) is 11.2 Å². The van der Waals surface area contributed by atoms with Crippen LogP contribution in [0.3, 0.4) is 0 Å². The summed E-state index contributed by atoms with van der Waals surface area (Å²) >= 11 is 0. The summed E-state index contributed by atoms with van der Waals surface area (Å²) in [6, 6.07) is 5.50. The number of carboxylic acids is 1. The normalized spacial score (nSPS) is 12.8. The van der Waals surface area contributed by atoms with Crippen LogP contribution in [-0.2, 0) is 11.2 Å². The third kappa shape index (κ3) is 3.96. The zero-order valence-corrected chi connectivity index (χ0v) is 12.0. The van der Waals surface area contributed by atoms with Gasteiger partial charge in [0.1, 0.15) is 6.04 Å². The van der Waals surface area contributed by atoms with Crippen LogP contribution in [0.25, 0.3) is 0 Å². The first-order chi connectivity index (χ1) is 9.12. The van der Waals surface area contributed by atoms with Crippen molar-refractivity contribution in [3.05, 3.63) is 29.8 Å². The summed E-state index contributed by atoms with van der Waals surface area (Å²) < 4.78 is 0. The van der Waals surface area contributed by atoms with Gasteiger partial charge in [0.25, 0.3) is 0 Å². The van der Waals surface area contributed by atoms with Crippen molar-refractivity contribution in [2.24, 2.45) is 11.5 Å². The van der Waals surface area contributed by atoms with Gasteiger partial charge in [-0.3, -0.25) is 9.69 Å². The largest absolute Gasteiger partial charge is 0.480 e. The Labute approximate surface area is 118 Å². The van der Waals surface area contributed by atoms with Crippen LogP contribution in [0.1, 0.15) is 26.3 Å². The van der Waals surface area contributed by atoms with E-state index in [1.54, 1.807) is 24.3 Å². The van der Waals surface area contributed by atoms with E-state index in [-0.39, 0.29) is 6.42 Å². The Bertz CT molecular complexity index is 491. The van der Waals surface area contributed by atoms with Gasteiger partial charge in [-0.05, 0) is 44.9 Å². The molecule has 1 aromatic carbocycles. The first-order valence-corrected chi connectivity index (χ1v) is 6.30. The number of urea groups is 1. The molecule has 6 nitrogen and oxygen atoms in total. The lowest BCUT2D eigenvalue weighted by atomic mass is 10.0. The van der Waals surface area contributed by atoms with E-state index in [1.165, 1.54) is 4.90 Å². The van der Waals surface area contributed by atoms with E-state index in [1.807, 2.05) is 20.8 Å². The number of carboxylic acid groups (broad SMARTS) is 1. The van der Waals surface area contributed by atoms with Gasteiger partial charge in [0.2, 0.25) is 0 Å². The molecule has 0 aliphatic carbocycles. The molecule has 0 radical (unpaired) electrons. The molecule has 0 spiro atoms. The van der Waals surface area contributed by atoms with Crippen LogP contribution in [0.4, 0.5) is 10.5 Å². The van der Waals surface area contributed by atoms with E-state index < -0.39 is 23.6 Å². The van der Waals surface area contributed by atoms with E-state index in [9.17, 15) is 9.59 Å². The highest BCUT2D eigenvalue weighted by molar-refractivity contribution is 5.92. The first-order valence-electron chi connectivity index (χ1n) is 6.30. The number of carbonyl (C=O) groups excluding carboxylic acids is 1. The number of rotatable bonds is 4. The quantitative estimate of drug-likeness (QED) is 0.772. The van der Waals surface area contributed by atoms with Gasteiger partial charge in [0.15, 0.2) is 0 Å². The van der Waals surface area contributed by atoms with E-state index in [0.29, 0.717) is 5.69 Å². The van der Waals surface area contributed by atoms with Crippen molar-refractivity contribution in [1.82, 2.24) is 0 Å². The predicted molar refractivity (Wildman–Crippen MR) is 77.6 cm³/mol. The summed E-state index contributed by atoms with van der Waals surface area (Å²) in [5, 5.41) is 8.77. The van der Waals surface area contributed by atoms with Crippen LogP contribution in [0.2, 0.25) is 0 Å². The highest BCUT2D eigenvalue weighted by atomic mass is 16.4. The van der Waals surface area contributed by atoms with Crippen molar-refractivity contribution in [2.75, 3.05) is 4.90 Å². The molecule has 1 atom stereocenters. The molecule has 1 rings (SSSR count). The topological polar surface area (TPSA) is 110 Å². The minimum atomic E-state index is -1.04. The van der Waals surface area contributed by atoms with Gasteiger partial charge in [-0.1, -0.05) is 12.1 Å². The summed E-state index contributed by atoms with van der Waals surface area (Å²) in [6.45, 7) is 5.64. The molecule has 6 heteroatoms. The molecule has 0 saturated carbocycles.